The number of rotatable bonds is 3. The van der Waals surface area contributed by atoms with Crippen molar-refractivity contribution in [3.8, 4) is 5.75 Å². The zero-order valence-corrected chi connectivity index (χ0v) is 9.78. The Labute approximate surface area is 98.1 Å². The van der Waals surface area contributed by atoms with Gasteiger partial charge in [-0.05, 0) is 28.1 Å². The minimum absolute atomic E-state index is 0.0115. The van der Waals surface area contributed by atoms with E-state index in [2.05, 4.69) is 20.7 Å². The molecular weight excluding hydrogens is 301 g/mol. The summed E-state index contributed by atoms with van der Waals surface area (Å²) in [5.41, 5.74) is 0. The highest BCUT2D eigenvalue weighted by Crippen LogP contribution is 2.44. The summed E-state index contributed by atoms with van der Waals surface area (Å²) >= 11 is 12.8. The molecule has 1 rings (SSSR count). The van der Waals surface area contributed by atoms with Gasteiger partial charge in [0.2, 0.25) is 0 Å². The van der Waals surface area contributed by atoms with Crippen molar-refractivity contribution in [2.24, 2.45) is 0 Å². The van der Waals surface area contributed by atoms with Gasteiger partial charge in [-0.25, -0.2) is 0 Å². The monoisotopic (exact) mass is 304 g/mol. The largest absolute Gasteiger partial charge is 0.442 e. The molecule has 78 valence electrons. The first-order chi connectivity index (χ1) is 6.33. The van der Waals surface area contributed by atoms with E-state index in [9.17, 15) is 8.78 Å². The van der Waals surface area contributed by atoms with Crippen LogP contribution in [0.4, 0.5) is 8.78 Å². The molecule has 0 heterocycles. The number of ether oxygens (including phenoxy) is 1. The molecule has 0 fully saturated rings. The van der Waals surface area contributed by atoms with E-state index in [-0.39, 0.29) is 5.75 Å². The molecule has 6 heteroatoms. The van der Waals surface area contributed by atoms with Gasteiger partial charge in [0.25, 0.3) is 3.24 Å². The van der Waals surface area contributed by atoms with Crippen LogP contribution in [-0.2, 0) is 0 Å². The van der Waals surface area contributed by atoms with Gasteiger partial charge in [-0.2, -0.15) is 8.78 Å². The predicted molar refractivity (Wildman–Crippen MR) is 55.4 cm³/mol. The van der Waals surface area contributed by atoms with E-state index in [1.807, 2.05) is 0 Å². The molecule has 0 N–H and O–H groups in total. The topological polar surface area (TPSA) is 9.23 Å². The van der Waals surface area contributed by atoms with Gasteiger partial charge in [-0.1, -0.05) is 41.4 Å². The van der Waals surface area contributed by atoms with Crippen LogP contribution in [0.3, 0.4) is 0 Å². The minimum atomic E-state index is -3.71. The summed E-state index contributed by atoms with van der Waals surface area (Å²) in [6.07, 6.45) is -3.71. The Bertz CT molecular complexity index is 300. The first-order valence-electron chi connectivity index (χ1n) is 3.51. The summed E-state index contributed by atoms with van der Waals surface area (Å²) in [6.45, 7) is 0. The van der Waals surface area contributed by atoms with Gasteiger partial charge in [-0.15, -0.1) is 0 Å². The van der Waals surface area contributed by atoms with Crippen molar-refractivity contribution in [2.45, 2.75) is 9.35 Å². The van der Waals surface area contributed by atoms with Crippen LogP contribution in [0.2, 0.25) is 0 Å². The Kier molecular flexibility index (Phi) is 3.61. The van der Waals surface area contributed by atoms with Crippen LogP contribution in [0.15, 0.2) is 30.3 Å². The fraction of sp³-hybridized carbons (Fsp3) is 0.250. The van der Waals surface area contributed by atoms with Gasteiger partial charge in [0.1, 0.15) is 5.75 Å². The van der Waals surface area contributed by atoms with Crippen molar-refractivity contribution in [1.82, 2.24) is 0 Å². The normalized spacial score (nSPS) is 12.6. The van der Waals surface area contributed by atoms with Crippen LogP contribution < -0.4 is 4.74 Å². The second-order valence-electron chi connectivity index (χ2n) is 2.43. The zero-order chi connectivity index (χ0) is 10.8. The van der Waals surface area contributed by atoms with Crippen LogP contribution >= 0.6 is 39.1 Å². The van der Waals surface area contributed by atoms with Crippen molar-refractivity contribution >= 4 is 39.1 Å². The molecule has 0 unspecified atom stereocenters. The molecule has 0 atom stereocenters. The van der Waals surface area contributed by atoms with Crippen LogP contribution in [-0.4, -0.2) is 9.35 Å². The van der Waals surface area contributed by atoms with Crippen molar-refractivity contribution in [2.75, 3.05) is 0 Å². The summed E-state index contributed by atoms with van der Waals surface area (Å²) in [5, 5.41) is 0. The maximum Gasteiger partial charge on any atom is 0.442 e. The number of para-hydroxylation sites is 1. The highest BCUT2D eigenvalue weighted by atomic mass is 79.9. The first-order valence-corrected chi connectivity index (χ1v) is 5.06. The van der Waals surface area contributed by atoms with Gasteiger partial charge in [0.05, 0.1) is 0 Å². The smallest absolute Gasteiger partial charge is 0.430 e. The fourth-order valence-electron chi connectivity index (χ4n) is 0.694. The number of benzene rings is 1. The van der Waals surface area contributed by atoms with Crippen LogP contribution in [0.25, 0.3) is 0 Å². The van der Waals surface area contributed by atoms with E-state index in [1.165, 1.54) is 12.1 Å². The Morgan fingerprint density at radius 2 is 1.64 bits per heavy atom. The lowest BCUT2D eigenvalue weighted by Gasteiger charge is -2.24. The number of alkyl halides is 5. The van der Waals surface area contributed by atoms with E-state index >= 15 is 0 Å². The molecule has 0 aromatic heterocycles. The quantitative estimate of drug-likeness (QED) is 0.761. The molecule has 0 bridgehead atoms. The maximum atomic E-state index is 13.1. The van der Waals surface area contributed by atoms with Gasteiger partial charge >= 0.3 is 6.11 Å². The Morgan fingerprint density at radius 1 is 1.14 bits per heavy atom. The van der Waals surface area contributed by atoms with E-state index in [1.54, 1.807) is 18.2 Å². The average molecular weight is 306 g/mol. The van der Waals surface area contributed by atoms with Gasteiger partial charge in [0, 0.05) is 0 Å². The lowest BCUT2D eigenvalue weighted by atomic mass is 10.3. The second-order valence-corrected chi connectivity index (χ2v) is 5.86. The molecule has 0 radical (unpaired) electrons. The summed E-state index contributed by atoms with van der Waals surface area (Å²) in [7, 11) is 0. The van der Waals surface area contributed by atoms with Gasteiger partial charge < -0.3 is 4.74 Å². The number of hydrogen-bond donors (Lipinski definition) is 0. The highest BCUT2D eigenvalue weighted by Gasteiger charge is 2.53. The zero-order valence-electron chi connectivity index (χ0n) is 6.68. The van der Waals surface area contributed by atoms with E-state index in [0.717, 1.165) is 0 Å². The molecule has 0 amide bonds. The van der Waals surface area contributed by atoms with Gasteiger partial charge in [0.15, 0.2) is 0 Å². The predicted octanol–water partition coefficient (Wildman–Crippen LogP) is 4.18. The van der Waals surface area contributed by atoms with Crippen LogP contribution in [0.5, 0.6) is 5.75 Å². The lowest BCUT2D eigenvalue weighted by molar-refractivity contribution is -0.168. The Morgan fingerprint density at radius 3 is 2.07 bits per heavy atom. The summed E-state index contributed by atoms with van der Waals surface area (Å²) in [4.78, 5) is 0. The number of hydrogen-bond acceptors (Lipinski definition) is 1. The maximum absolute atomic E-state index is 13.1. The third-order valence-corrected chi connectivity index (χ3v) is 2.22. The Balaban J connectivity index is 2.79. The second kappa shape index (κ2) is 4.21. The number of halogens is 5. The summed E-state index contributed by atoms with van der Waals surface area (Å²) in [6, 6.07) is 7.54. The standard InChI is InChI=1S/C8H5BrCl2F2O/c9-7(10,11)8(12,13)14-6-4-2-1-3-5-6/h1-5H. The third kappa shape index (κ3) is 2.97. The van der Waals surface area contributed by atoms with Crippen molar-refractivity contribution in [3.05, 3.63) is 30.3 Å². The Hall–Kier alpha value is -0.0600. The summed E-state index contributed by atoms with van der Waals surface area (Å²) < 4.78 is 28.0. The average Bonchev–Trinajstić information content (AvgIpc) is 2.03. The molecule has 0 saturated carbocycles. The van der Waals surface area contributed by atoms with Crippen molar-refractivity contribution in [3.63, 3.8) is 0 Å². The molecule has 0 aliphatic carbocycles. The molecule has 0 aliphatic rings. The minimum Gasteiger partial charge on any atom is -0.430 e. The fourth-order valence-corrected chi connectivity index (χ4v) is 0.852. The SMILES string of the molecule is FC(F)(Oc1ccccc1)C(Cl)(Cl)Br. The lowest BCUT2D eigenvalue weighted by Crippen LogP contribution is -2.39. The van der Waals surface area contributed by atoms with Crippen LogP contribution in [0, 0.1) is 0 Å². The van der Waals surface area contributed by atoms with Crippen molar-refractivity contribution < 1.29 is 13.5 Å². The summed E-state index contributed by atoms with van der Waals surface area (Å²) in [5.74, 6) is -0.0115. The van der Waals surface area contributed by atoms with Crippen LogP contribution in [0.1, 0.15) is 0 Å². The van der Waals surface area contributed by atoms with Crippen molar-refractivity contribution in [1.29, 1.82) is 0 Å². The molecule has 1 aromatic carbocycles. The molecule has 14 heavy (non-hydrogen) atoms. The first kappa shape index (κ1) is 12.0. The molecule has 1 nitrogen and oxygen atoms in total. The molecular formula is C8H5BrCl2F2O. The molecule has 0 spiro atoms. The molecule has 1 aromatic rings. The molecule has 0 saturated heterocycles. The van der Waals surface area contributed by atoms with E-state index in [0.29, 0.717) is 0 Å². The van der Waals surface area contributed by atoms with Gasteiger partial charge in [-0.3, -0.25) is 0 Å². The van der Waals surface area contributed by atoms with E-state index < -0.39 is 9.35 Å². The van der Waals surface area contributed by atoms with E-state index in [4.69, 9.17) is 23.2 Å². The molecule has 0 aliphatic heterocycles. The highest BCUT2D eigenvalue weighted by molar-refractivity contribution is 9.11. The third-order valence-electron chi connectivity index (χ3n) is 1.32.